The van der Waals surface area contributed by atoms with Gasteiger partial charge in [-0.2, -0.15) is 0 Å². The monoisotopic (exact) mass is 334 g/mol. The van der Waals surface area contributed by atoms with Gasteiger partial charge >= 0.3 is 0 Å². The van der Waals surface area contributed by atoms with E-state index in [2.05, 4.69) is 30.9 Å². The number of H-pyrrole nitrogens is 1. The van der Waals surface area contributed by atoms with E-state index in [9.17, 15) is 0 Å². The predicted molar refractivity (Wildman–Crippen MR) is 80.7 cm³/mol. The zero-order chi connectivity index (χ0) is 13.4. The van der Waals surface area contributed by atoms with Crippen molar-refractivity contribution in [1.82, 2.24) is 19.5 Å². The molecule has 3 aromatic heterocycles. The van der Waals surface area contributed by atoms with Gasteiger partial charge in [-0.3, -0.25) is 9.55 Å². The van der Waals surface area contributed by atoms with Crippen molar-refractivity contribution in [2.24, 2.45) is 0 Å². The largest absolute Gasteiger partial charge is 0.329 e. The Morgan fingerprint density at radius 2 is 2.26 bits per heavy atom. The van der Waals surface area contributed by atoms with E-state index in [1.807, 2.05) is 29.8 Å². The van der Waals surface area contributed by atoms with Crippen molar-refractivity contribution in [2.75, 3.05) is 0 Å². The number of halogens is 1. The molecule has 0 aliphatic carbocycles. The topological polar surface area (TPSA) is 46.5 Å². The third-order valence-electron chi connectivity index (χ3n) is 3.04. The molecule has 19 heavy (non-hydrogen) atoms. The molecule has 0 amide bonds. The van der Waals surface area contributed by atoms with Crippen LogP contribution in [0.1, 0.15) is 11.1 Å². The van der Waals surface area contributed by atoms with Crippen molar-refractivity contribution in [1.29, 1.82) is 0 Å². The van der Waals surface area contributed by atoms with Crippen molar-refractivity contribution in [3.05, 3.63) is 51.1 Å². The van der Waals surface area contributed by atoms with Crippen LogP contribution in [-0.2, 0) is 6.54 Å². The van der Waals surface area contributed by atoms with E-state index in [0.29, 0.717) is 11.3 Å². The average Bonchev–Trinajstić information content (AvgIpc) is 2.68. The summed E-state index contributed by atoms with van der Waals surface area (Å²) in [5.41, 5.74) is 4.14. The van der Waals surface area contributed by atoms with Gasteiger partial charge in [-0.25, -0.2) is 4.98 Å². The van der Waals surface area contributed by atoms with Gasteiger partial charge in [0.2, 0.25) is 0 Å². The maximum Gasteiger partial charge on any atom is 0.179 e. The van der Waals surface area contributed by atoms with Gasteiger partial charge in [-0.15, -0.1) is 0 Å². The van der Waals surface area contributed by atoms with Crippen LogP contribution in [0.15, 0.2) is 35.2 Å². The lowest BCUT2D eigenvalue weighted by molar-refractivity contribution is 0.793. The van der Waals surface area contributed by atoms with Crippen molar-refractivity contribution in [3.63, 3.8) is 0 Å². The van der Waals surface area contributed by atoms with Crippen LogP contribution in [0.2, 0.25) is 0 Å². The molecule has 0 spiro atoms. The summed E-state index contributed by atoms with van der Waals surface area (Å²) >= 11 is 8.79. The van der Waals surface area contributed by atoms with E-state index in [-0.39, 0.29) is 0 Å². The van der Waals surface area contributed by atoms with Crippen LogP contribution in [0.3, 0.4) is 0 Å². The number of hydrogen-bond acceptors (Lipinski definition) is 3. The Kier molecular flexibility index (Phi) is 3.20. The van der Waals surface area contributed by atoms with Gasteiger partial charge in [-0.1, -0.05) is 0 Å². The van der Waals surface area contributed by atoms with Crippen molar-refractivity contribution in [2.45, 2.75) is 13.5 Å². The maximum absolute atomic E-state index is 5.38. The highest BCUT2D eigenvalue weighted by Gasteiger charge is 2.08. The average molecular weight is 335 g/mol. The van der Waals surface area contributed by atoms with Crippen LogP contribution < -0.4 is 0 Å². The van der Waals surface area contributed by atoms with Crippen LogP contribution in [0, 0.1) is 11.7 Å². The molecule has 0 saturated heterocycles. The summed E-state index contributed by atoms with van der Waals surface area (Å²) < 4.78 is 3.61. The minimum Gasteiger partial charge on any atom is -0.329 e. The third kappa shape index (κ3) is 2.33. The Bertz CT molecular complexity index is 806. The molecule has 0 bridgehead atoms. The summed E-state index contributed by atoms with van der Waals surface area (Å²) in [6.07, 6.45) is 5.43. The SMILES string of the molecule is Cc1cnccc1Cn1c(=S)[nH]c2cc(Br)cnc21. The molecular weight excluding hydrogens is 324 g/mol. The summed E-state index contributed by atoms with van der Waals surface area (Å²) in [7, 11) is 0. The smallest absolute Gasteiger partial charge is 0.179 e. The van der Waals surface area contributed by atoms with Crippen molar-refractivity contribution < 1.29 is 0 Å². The molecule has 96 valence electrons. The quantitative estimate of drug-likeness (QED) is 0.728. The highest BCUT2D eigenvalue weighted by Crippen LogP contribution is 2.18. The van der Waals surface area contributed by atoms with Gasteiger partial charge in [0.1, 0.15) is 0 Å². The van der Waals surface area contributed by atoms with Gasteiger partial charge in [0.15, 0.2) is 10.4 Å². The Balaban J connectivity index is 2.13. The van der Waals surface area contributed by atoms with E-state index >= 15 is 0 Å². The standard InChI is InChI=1S/C13H11BrN4S/c1-8-5-15-3-2-9(8)7-18-12-11(17-13(18)19)4-10(14)6-16-12/h2-6H,7H2,1H3,(H,17,19). The Morgan fingerprint density at radius 1 is 1.42 bits per heavy atom. The number of pyridine rings is 2. The molecule has 3 aromatic rings. The van der Waals surface area contributed by atoms with E-state index < -0.39 is 0 Å². The van der Waals surface area contributed by atoms with E-state index in [1.54, 1.807) is 12.4 Å². The highest BCUT2D eigenvalue weighted by molar-refractivity contribution is 9.10. The maximum atomic E-state index is 5.38. The Hall–Kier alpha value is -1.53. The number of rotatable bonds is 2. The van der Waals surface area contributed by atoms with Crippen LogP contribution >= 0.6 is 28.1 Å². The lowest BCUT2D eigenvalue weighted by Gasteiger charge is -2.06. The number of nitrogens with one attached hydrogen (secondary N) is 1. The lowest BCUT2D eigenvalue weighted by atomic mass is 10.1. The van der Waals surface area contributed by atoms with E-state index in [1.165, 1.54) is 5.56 Å². The first-order valence-electron chi connectivity index (χ1n) is 5.79. The second kappa shape index (κ2) is 4.86. The molecule has 0 atom stereocenters. The minimum absolute atomic E-state index is 0.678. The van der Waals surface area contributed by atoms with Crippen molar-refractivity contribution in [3.8, 4) is 0 Å². The number of nitrogens with zero attached hydrogens (tertiary/aromatic N) is 3. The molecular formula is C13H11BrN4S. The first kappa shape index (κ1) is 12.5. The summed E-state index contributed by atoms with van der Waals surface area (Å²) in [4.78, 5) is 11.7. The first-order valence-corrected chi connectivity index (χ1v) is 6.99. The number of imidazole rings is 1. The highest BCUT2D eigenvalue weighted by atomic mass is 79.9. The lowest BCUT2D eigenvalue weighted by Crippen LogP contribution is -2.02. The normalized spacial score (nSPS) is 11.1. The molecule has 3 rings (SSSR count). The zero-order valence-corrected chi connectivity index (χ0v) is 12.6. The van der Waals surface area contributed by atoms with Gasteiger partial charge in [0.25, 0.3) is 0 Å². The molecule has 4 nitrogen and oxygen atoms in total. The van der Waals surface area contributed by atoms with Gasteiger partial charge in [0.05, 0.1) is 12.1 Å². The van der Waals surface area contributed by atoms with Crippen LogP contribution in [0.5, 0.6) is 0 Å². The second-order valence-electron chi connectivity index (χ2n) is 4.34. The predicted octanol–water partition coefficient (Wildman–Crippen LogP) is 3.61. The Labute approximate surface area is 123 Å². The number of hydrogen-bond donors (Lipinski definition) is 1. The van der Waals surface area contributed by atoms with E-state index in [0.717, 1.165) is 21.2 Å². The van der Waals surface area contributed by atoms with Crippen LogP contribution in [-0.4, -0.2) is 19.5 Å². The summed E-state index contributed by atoms with van der Waals surface area (Å²) in [6.45, 7) is 2.74. The van der Waals surface area contributed by atoms with Gasteiger partial charge in [-0.05, 0) is 58.3 Å². The molecule has 0 aliphatic heterocycles. The summed E-state index contributed by atoms with van der Waals surface area (Å²) in [5, 5.41) is 0. The second-order valence-corrected chi connectivity index (χ2v) is 5.65. The summed E-state index contributed by atoms with van der Waals surface area (Å²) in [6, 6.07) is 3.99. The number of aromatic amines is 1. The molecule has 6 heteroatoms. The Morgan fingerprint density at radius 3 is 3.05 bits per heavy atom. The molecule has 1 N–H and O–H groups in total. The molecule has 0 aromatic carbocycles. The van der Waals surface area contributed by atoms with Gasteiger partial charge < -0.3 is 4.98 Å². The number of aromatic nitrogens is 4. The minimum atomic E-state index is 0.678. The number of fused-ring (bicyclic) bond motifs is 1. The van der Waals surface area contributed by atoms with Crippen LogP contribution in [0.25, 0.3) is 11.2 Å². The molecule has 0 radical (unpaired) electrons. The van der Waals surface area contributed by atoms with Gasteiger partial charge in [0, 0.05) is 23.1 Å². The molecule has 3 heterocycles. The fraction of sp³-hybridized carbons (Fsp3) is 0.154. The first-order chi connectivity index (χ1) is 9.15. The van der Waals surface area contributed by atoms with Crippen LogP contribution in [0.4, 0.5) is 0 Å². The fourth-order valence-electron chi connectivity index (χ4n) is 2.01. The summed E-state index contributed by atoms with van der Waals surface area (Å²) in [5.74, 6) is 0. The van der Waals surface area contributed by atoms with Crippen molar-refractivity contribution >= 4 is 39.3 Å². The molecule has 0 saturated carbocycles. The fourth-order valence-corrected chi connectivity index (χ4v) is 2.61. The number of aryl methyl sites for hydroxylation is 1. The van der Waals surface area contributed by atoms with E-state index in [4.69, 9.17) is 12.2 Å². The molecule has 0 unspecified atom stereocenters. The zero-order valence-electron chi connectivity index (χ0n) is 10.2. The molecule has 0 aliphatic rings. The molecule has 0 fully saturated rings. The third-order valence-corrected chi connectivity index (χ3v) is 3.80.